The van der Waals surface area contributed by atoms with Crippen molar-refractivity contribution in [3.8, 4) is 10.7 Å². The Bertz CT molecular complexity index is 910. The average molecular weight is 379 g/mol. The number of nitrogens with zero attached hydrogens (tertiary/aromatic N) is 4. The molecule has 5 nitrogen and oxygen atoms in total. The van der Waals surface area contributed by atoms with Crippen LogP contribution in [0.4, 0.5) is 0 Å². The van der Waals surface area contributed by atoms with Crippen LogP contribution in [-0.4, -0.2) is 39.4 Å². The van der Waals surface area contributed by atoms with E-state index in [4.69, 9.17) is 4.98 Å². The molecule has 3 aromatic rings. The van der Waals surface area contributed by atoms with Crippen LogP contribution in [0.25, 0.3) is 10.7 Å². The van der Waals surface area contributed by atoms with E-state index >= 15 is 0 Å². The monoisotopic (exact) mass is 378 g/mol. The quantitative estimate of drug-likeness (QED) is 0.683. The third-order valence-electron chi connectivity index (χ3n) is 5.03. The predicted octanol–water partition coefficient (Wildman–Crippen LogP) is 3.41. The molecule has 6 heteroatoms. The molecule has 138 valence electrons. The second-order valence-electron chi connectivity index (χ2n) is 6.91. The Morgan fingerprint density at radius 3 is 2.85 bits per heavy atom. The molecule has 0 saturated carbocycles. The van der Waals surface area contributed by atoms with Crippen LogP contribution >= 0.6 is 11.3 Å². The molecule has 1 atom stereocenters. The molecule has 0 saturated heterocycles. The highest BCUT2D eigenvalue weighted by atomic mass is 32.1. The number of hydrogen-bond acceptors (Lipinski definition) is 5. The zero-order valence-corrected chi connectivity index (χ0v) is 16.2. The number of carbonyl (C=O) groups excluding carboxylic acids is 1. The van der Waals surface area contributed by atoms with Crippen molar-refractivity contribution in [3.63, 3.8) is 0 Å². The van der Waals surface area contributed by atoms with E-state index in [2.05, 4.69) is 9.97 Å². The molecule has 1 aliphatic rings. The number of amides is 1. The lowest BCUT2D eigenvalue weighted by Crippen LogP contribution is -2.36. The summed E-state index contributed by atoms with van der Waals surface area (Å²) >= 11 is 1.68. The van der Waals surface area contributed by atoms with Crippen LogP contribution < -0.4 is 0 Å². The Hall–Kier alpha value is -2.60. The van der Waals surface area contributed by atoms with Crippen molar-refractivity contribution < 1.29 is 4.79 Å². The third-order valence-corrected chi connectivity index (χ3v) is 6.18. The van der Waals surface area contributed by atoms with E-state index in [9.17, 15) is 4.79 Å². The summed E-state index contributed by atoms with van der Waals surface area (Å²) in [7, 11) is 1.91. The number of pyridine rings is 2. The lowest BCUT2D eigenvalue weighted by Gasteiger charge is -2.26. The summed E-state index contributed by atoms with van der Waals surface area (Å²) in [6.45, 7) is 0.730. The maximum absolute atomic E-state index is 12.9. The molecular formula is C21H22N4OS. The van der Waals surface area contributed by atoms with Crippen molar-refractivity contribution in [1.82, 2.24) is 19.9 Å². The first-order chi connectivity index (χ1) is 13.2. The molecule has 3 aromatic heterocycles. The Balaban J connectivity index is 1.40. The molecule has 3 heterocycles. The highest BCUT2D eigenvalue weighted by Gasteiger charge is 2.29. The average Bonchev–Trinajstić information content (AvgIpc) is 3.16. The smallest absolute Gasteiger partial charge is 0.225 e. The Labute approximate surface area is 163 Å². The lowest BCUT2D eigenvalue weighted by atomic mass is 9.90. The summed E-state index contributed by atoms with van der Waals surface area (Å²) < 4.78 is 0. The van der Waals surface area contributed by atoms with Gasteiger partial charge in [0, 0.05) is 43.0 Å². The summed E-state index contributed by atoms with van der Waals surface area (Å²) in [5, 5.41) is 0.958. The van der Waals surface area contributed by atoms with E-state index in [-0.39, 0.29) is 11.8 Å². The molecule has 1 amide bonds. The van der Waals surface area contributed by atoms with Gasteiger partial charge in [0.25, 0.3) is 0 Å². The van der Waals surface area contributed by atoms with Crippen molar-refractivity contribution in [2.45, 2.75) is 25.7 Å². The van der Waals surface area contributed by atoms with Crippen LogP contribution in [0.3, 0.4) is 0 Å². The predicted molar refractivity (Wildman–Crippen MR) is 106 cm³/mol. The van der Waals surface area contributed by atoms with Gasteiger partial charge in [-0.25, -0.2) is 4.98 Å². The SMILES string of the molecule is CN(CCc1ccncc1)C(=O)C1CCc2nc(-c3ccccn3)sc2C1. The number of likely N-dealkylation sites (N-methyl/N-ethyl adjacent to an activating group) is 1. The van der Waals surface area contributed by atoms with Gasteiger partial charge in [-0.2, -0.15) is 0 Å². The second kappa shape index (κ2) is 7.96. The van der Waals surface area contributed by atoms with Crippen LogP contribution in [0.15, 0.2) is 48.9 Å². The summed E-state index contributed by atoms with van der Waals surface area (Å²) in [5.41, 5.74) is 3.26. The van der Waals surface area contributed by atoms with Gasteiger partial charge < -0.3 is 4.90 Å². The van der Waals surface area contributed by atoms with E-state index in [0.29, 0.717) is 0 Å². The van der Waals surface area contributed by atoms with Crippen LogP contribution in [0.2, 0.25) is 0 Å². The molecule has 0 aromatic carbocycles. The normalized spacial score (nSPS) is 16.0. The summed E-state index contributed by atoms with van der Waals surface area (Å²) in [6.07, 6.45) is 8.76. The van der Waals surface area contributed by atoms with Crippen LogP contribution in [0, 0.1) is 5.92 Å². The van der Waals surface area contributed by atoms with Gasteiger partial charge in [0.2, 0.25) is 5.91 Å². The fourth-order valence-corrected chi connectivity index (χ4v) is 4.62. The highest BCUT2D eigenvalue weighted by molar-refractivity contribution is 7.15. The van der Waals surface area contributed by atoms with Crippen molar-refractivity contribution in [2.24, 2.45) is 5.92 Å². The lowest BCUT2D eigenvalue weighted by molar-refractivity contribution is -0.134. The van der Waals surface area contributed by atoms with E-state index in [1.807, 2.05) is 42.3 Å². The largest absolute Gasteiger partial charge is 0.345 e. The van der Waals surface area contributed by atoms with Gasteiger partial charge in [0.15, 0.2) is 0 Å². The van der Waals surface area contributed by atoms with Gasteiger partial charge >= 0.3 is 0 Å². The van der Waals surface area contributed by atoms with E-state index < -0.39 is 0 Å². The Morgan fingerprint density at radius 2 is 2.07 bits per heavy atom. The summed E-state index contributed by atoms with van der Waals surface area (Å²) in [6, 6.07) is 9.88. The van der Waals surface area contributed by atoms with Gasteiger partial charge in [-0.1, -0.05) is 6.07 Å². The van der Waals surface area contributed by atoms with Crippen LogP contribution in [0.1, 0.15) is 22.6 Å². The first kappa shape index (κ1) is 17.8. The van der Waals surface area contributed by atoms with E-state index in [0.717, 1.165) is 48.6 Å². The van der Waals surface area contributed by atoms with Crippen molar-refractivity contribution in [2.75, 3.05) is 13.6 Å². The topological polar surface area (TPSA) is 59.0 Å². The van der Waals surface area contributed by atoms with Gasteiger partial charge in [0.05, 0.1) is 11.4 Å². The molecule has 4 rings (SSSR count). The van der Waals surface area contributed by atoms with E-state index in [1.165, 1.54) is 10.4 Å². The van der Waals surface area contributed by atoms with Crippen LogP contribution in [-0.2, 0) is 24.1 Å². The molecule has 27 heavy (non-hydrogen) atoms. The maximum atomic E-state index is 12.9. The fraction of sp³-hybridized carbons (Fsp3) is 0.333. The maximum Gasteiger partial charge on any atom is 0.225 e. The number of rotatable bonds is 5. The first-order valence-corrected chi connectivity index (χ1v) is 10.1. The summed E-state index contributed by atoms with van der Waals surface area (Å²) in [4.78, 5) is 29.2. The third kappa shape index (κ3) is 4.06. The fourth-order valence-electron chi connectivity index (χ4n) is 3.45. The van der Waals surface area contributed by atoms with Gasteiger partial charge in [-0.3, -0.25) is 14.8 Å². The zero-order chi connectivity index (χ0) is 18.6. The number of thiazole rings is 1. The van der Waals surface area contributed by atoms with E-state index in [1.54, 1.807) is 29.9 Å². The number of aryl methyl sites for hydroxylation is 1. The minimum absolute atomic E-state index is 0.0528. The Morgan fingerprint density at radius 1 is 1.22 bits per heavy atom. The first-order valence-electron chi connectivity index (χ1n) is 9.24. The molecule has 0 N–H and O–H groups in total. The molecule has 0 spiro atoms. The second-order valence-corrected chi connectivity index (χ2v) is 7.99. The Kier molecular flexibility index (Phi) is 5.25. The number of hydrogen-bond donors (Lipinski definition) is 0. The molecule has 0 radical (unpaired) electrons. The van der Waals surface area contributed by atoms with Crippen molar-refractivity contribution in [3.05, 3.63) is 65.1 Å². The molecular weight excluding hydrogens is 356 g/mol. The highest BCUT2D eigenvalue weighted by Crippen LogP contribution is 2.34. The molecule has 0 fully saturated rings. The van der Waals surface area contributed by atoms with Crippen LogP contribution in [0.5, 0.6) is 0 Å². The van der Waals surface area contributed by atoms with Gasteiger partial charge in [-0.05, 0) is 55.5 Å². The standard InChI is InChI=1S/C21H22N4OS/c1-25(13-9-15-7-11-22-12-8-15)21(26)16-5-6-17-19(14-16)27-20(24-17)18-4-2-3-10-23-18/h2-4,7-8,10-12,16H,5-6,9,13-14H2,1H3. The van der Waals surface area contributed by atoms with Gasteiger partial charge in [0.1, 0.15) is 5.01 Å². The molecule has 0 bridgehead atoms. The van der Waals surface area contributed by atoms with Crippen molar-refractivity contribution in [1.29, 1.82) is 0 Å². The number of fused-ring (bicyclic) bond motifs is 1. The molecule has 1 unspecified atom stereocenters. The minimum atomic E-state index is 0.0528. The zero-order valence-electron chi connectivity index (χ0n) is 15.3. The summed E-state index contributed by atoms with van der Waals surface area (Å²) in [5.74, 6) is 0.291. The van der Waals surface area contributed by atoms with Crippen molar-refractivity contribution >= 4 is 17.2 Å². The molecule has 1 aliphatic carbocycles. The molecule has 0 aliphatic heterocycles. The minimum Gasteiger partial charge on any atom is -0.345 e. The number of aromatic nitrogens is 3. The number of carbonyl (C=O) groups is 1. The van der Waals surface area contributed by atoms with Gasteiger partial charge in [-0.15, -0.1) is 11.3 Å².